The summed E-state index contributed by atoms with van der Waals surface area (Å²) in [7, 11) is 0. The van der Waals surface area contributed by atoms with Crippen LogP contribution < -0.4 is 5.32 Å². The summed E-state index contributed by atoms with van der Waals surface area (Å²) in [6.45, 7) is 7.44. The molecule has 1 rings (SSSR count). The lowest BCUT2D eigenvalue weighted by Crippen LogP contribution is -2.28. The van der Waals surface area contributed by atoms with Gasteiger partial charge in [0.2, 0.25) is 0 Å². The second-order valence-electron chi connectivity index (χ2n) is 3.62. The van der Waals surface area contributed by atoms with Crippen LogP contribution in [0.25, 0.3) is 0 Å². The summed E-state index contributed by atoms with van der Waals surface area (Å²) in [5, 5.41) is 12.4. The highest BCUT2D eigenvalue weighted by atomic mass is 16.3. The van der Waals surface area contributed by atoms with E-state index in [2.05, 4.69) is 15.3 Å². The third kappa shape index (κ3) is 2.96. The zero-order chi connectivity index (χ0) is 10.7. The molecule has 0 aromatic carbocycles. The van der Waals surface area contributed by atoms with Crippen molar-refractivity contribution in [2.24, 2.45) is 0 Å². The van der Waals surface area contributed by atoms with Gasteiger partial charge in [0.15, 0.2) is 0 Å². The first-order valence-electron chi connectivity index (χ1n) is 4.76. The first-order valence-corrected chi connectivity index (χ1v) is 4.76. The molecule has 4 heteroatoms. The Hall–Kier alpha value is -1.16. The largest absolute Gasteiger partial charge is 0.391 e. The van der Waals surface area contributed by atoms with Crippen LogP contribution in [0.2, 0.25) is 0 Å². The maximum absolute atomic E-state index is 9.31. The molecule has 14 heavy (non-hydrogen) atoms. The molecule has 0 spiro atoms. The van der Waals surface area contributed by atoms with E-state index in [9.17, 15) is 5.11 Å². The van der Waals surface area contributed by atoms with Crippen LogP contribution in [-0.4, -0.2) is 27.2 Å². The Morgan fingerprint density at radius 3 is 2.43 bits per heavy atom. The molecule has 0 saturated carbocycles. The van der Waals surface area contributed by atoms with E-state index >= 15 is 0 Å². The van der Waals surface area contributed by atoms with E-state index in [0.717, 1.165) is 17.3 Å². The van der Waals surface area contributed by atoms with Crippen molar-refractivity contribution in [3.8, 4) is 0 Å². The predicted octanol–water partition coefficient (Wildman–Crippen LogP) is 1.27. The maximum Gasteiger partial charge on any atom is 0.130 e. The topological polar surface area (TPSA) is 58.0 Å². The summed E-state index contributed by atoms with van der Waals surface area (Å²) in [4.78, 5) is 8.40. The lowest BCUT2D eigenvalue weighted by atomic mass is 10.2. The molecule has 1 heterocycles. The summed E-state index contributed by atoms with van der Waals surface area (Å²) >= 11 is 0. The Kier molecular flexibility index (Phi) is 3.41. The molecule has 0 saturated heterocycles. The molecule has 2 N–H and O–H groups in total. The molecule has 2 unspecified atom stereocenters. The molecule has 4 nitrogen and oxygen atoms in total. The molecule has 0 fully saturated rings. The van der Waals surface area contributed by atoms with Gasteiger partial charge in [0, 0.05) is 11.8 Å². The van der Waals surface area contributed by atoms with Crippen molar-refractivity contribution in [3.05, 3.63) is 17.6 Å². The average Bonchev–Trinajstić information content (AvgIpc) is 2.01. The van der Waals surface area contributed by atoms with Gasteiger partial charge in [0.05, 0.1) is 12.1 Å². The Morgan fingerprint density at radius 2 is 1.93 bits per heavy atom. The second-order valence-corrected chi connectivity index (χ2v) is 3.62. The van der Waals surface area contributed by atoms with Crippen LogP contribution in [0.5, 0.6) is 0 Å². The van der Waals surface area contributed by atoms with Crippen molar-refractivity contribution in [2.45, 2.75) is 39.8 Å². The molecular weight excluding hydrogens is 178 g/mol. The number of anilines is 1. The second kappa shape index (κ2) is 4.37. The zero-order valence-electron chi connectivity index (χ0n) is 9.07. The van der Waals surface area contributed by atoms with Crippen molar-refractivity contribution in [1.29, 1.82) is 0 Å². The zero-order valence-corrected chi connectivity index (χ0v) is 9.07. The first-order chi connectivity index (χ1) is 6.49. The van der Waals surface area contributed by atoms with Crippen LogP contribution >= 0.6 is 0 Å². The molecule has 2 atom stereocenters. The van der Waals surface area contributed by atoms with Gasteiger partial charge in [-0.15, -0.1) is 0 Å². The Morgan fingerprint density at radius 1 is 1.29 bits per heavy atom. The third-order valence-electron chi connectivity index (χ3n) is 2.07. The van der Waals surface area contributed by atoms with Crippen molar-refractivity contribution in [2.75, 3.05) is 5.32 Å². The van der Waals surface area contributed by atoms with Crippen LogP contribution in [0.4, 0.5) is 5.82 Å². The van der Waals surface area contributed by atoms with Crippen molar-refractivity contribution >= 4 is 5.82 Å². The third-order valence-corrected chi connectivity index (χ3v) is 2.07. The van der Waals surface area contributed by atoms with Gasteiger partial charge >= 0.3 is 0 Å². The van der Waals surface area contributed by atoms with E-state index in [0.29, 0.717) is 0 Å². The number of nitrogens with zero attached hydrogens (tertiary/aromatic N) is 2. The van der Waals surface area contributed by atoms with E-state index in [1.165, 1.54) is 0 Å². The van der Waals surface area contributed by atoms with Crippen LogP contribution in [0.1, 0.15) is 25.4 Å². The smallest absolute Gasteiger partial charge is 0.130 e. The van der Waals surface area contributed by atoms with E-state index in [4.69, 9.17) is 0 Å². The van der Waals surface area contributed by atoms with Crippen molar-refractivity contribution in [1.82, 2.24) is 9.97 Å². The fraction of sp³-hybridized carbons (Fsp3) is 0.600. The predicted molar refractivity (Wildman–Crippen MR) is 56.3 cm³/mol. The van der Waals surface area contributed by atoms with Gasteiger partial charge in [0.25, 0.3) is 0 Å². The van der Waals surface area contributed by atoms with Gasteiger partial charge in [-0.3, -0.25) is 0 Å². The SMILES string of the molecule is Cc1cc(NC(C)C(C)O)nc(C)n1. The number of hydrogen-bond acceptors (Lipinski definition) is 4. The highest BCUT2D eigenvalue weighted by molar-refractivity contribution is 5.36. The number of aliphatic hydroxyl groups excluding tert-OH is 1. The molecule has 1 aromatic rings. The summed E-state index contributed by atoms with van der Waals surface area (Å²) < 4.78 is 0. The van der Waals surface area contributed by atoms with E-state index in [-0.39, 0.29) is 6.04 Å². The Bertz CT molecular complexity index is 292. The summed E-state index contributed by atoms with van der Waals surface area (Å²) in [6.07, 6.45) is -0.398. The molecular formula is C10H17N3O. The van der Waals surface area contributed by atoms with E-state index in [1.54, 1.807) is 6.92 Å². The quantitative estimate of drug-likeness (QED) is 0.762. The molecule has 0 aliphatic carbocycles. The van der Waals surface area contributed by atoms with Gasteiger partial charge in [-0.05, 0) is 27.7 Å². The molecule has 0 aliphatic heterocycles. The van der Waals surface area contributed by atoms with Gasteiger partial charge in [-0.25, -0.2) is 9.97 Å². The fourth-order valence-corrected chi connectivity index (χ4v) is 1.14. The minimum absolute atomic E-state index is 0.0105. The highest BCUT2D eigenvalue weighted by Crippen LogP contribution is 2.08. The fourth-order valence-electron chi connectivity index (χ4n) is 1.14. The number of aryl methyl sites for hydroxylation is 2. The first kappa shape index (κ1) is 10.9. The number of nitrogens with one attached hydrogen (secondary N) is 1. The number of rotatable bonds is 3. The molecule has 1 aromatic heterocycles. The van der Waals surface area contributed by atoms with E-state index in [1.807, 2.05) is 26.8 Å². The maximum atomic E-state index is 9.31. The van der Waals surface area contributed by atoms with Crippen LogP contribution in [0.15, 0.2) is 6.07 Å². The normalized spacial score (nSPS) is 14.9. The molecule has 0 radical (unpaired) electrons. The number of aromatic nitrogens is 2. The van der Waals surface area contributed by atoms with E-state index < -0.39 is 6.10 Å². The number of aliphatic hydroxyl groups is 1. The van der Waals surface area contributed by atoms with Crippen LogP contribution in [0, 0.1) is 13.8 Å². The molecule has 0 amide bonds. The monoisotopic (exact) mass is 195 g/mol. The highest BCUT2D eigenvalue weighted by Gasteiger charge is 2.09. The van der Waals surface area contributed by atoms with Gasteiger partial charge in [-0.2, -0.15) is 0 Å². The standard InChI is InChI=1S/C10H17N3O/c1-6-5-10(13-9(4)11-6)12-7(2)8(3)14/h5,7-8,14H,1-4H3,(H,11,12,13). The number of hydrogen-bond donors (Lipinski definition) is 2. The van der Waals surface area contributed by atoms with Crippen molar-refractivity contribution in [3.63, 3.8) is 0 Å². The molecule has 0 bridgehead atoms. The minimum Gasteiger partial charge on any atom is -0.391 e. The van der Waals surface area contributed by atoms with Gasteiger partial charge in [0.1, 0.15) is 11.6 Å². The van der Waals surface area contributed by atoms with Gasteiger partial charge in [-0.1, -0.05) is 0 Å². The lowest BCUT2D eigenvalue weighted by Gasteiger charge is -2.17. The molecule has 0 aliphatic rings. The average molecular weight is 195 g/mol. The van der Waals surface area contributed by atoms with Crippen LogP contribution in [-0.2, 0) is 0 Å². The molecule has 78 valence electrons. The minimum atomic E-state index is -0.398. The Labute approximate surface area is 84.4 Å². The summed E-state index contributed by atoms with van der Waals surface area (Å²) in [5.74, 6) is 1.51. The summed E-state index contributed by atoms with van der Waals surface area (Å²) in [6, 6.07) is 1.86. The van der Waals surface area contributed by atoms with Gasteiger partial charge < -0.3 is 10.4 Å². The van der Waals surface area contributed by atoms with Crippen molar-refractivity contribution < 1.29 is 5.11 Å². The van der Waals surface area contributed by atoms with Crippen LogP contribution in [0.3, 0.4) is 0 Å². The lowest BCUT2D eigenvalue weighted by molar-refractivity contribution is 0.177. The Balaban J connectivity index is 2.76. The summed E-state index contributed by atoms with van der Waals surface area (Å²) in [5.41, 5.74) is 0.929.